The number of aromatic nitrogens is 1. The molecular formula is C68H47BN4OSi. The van der Waals surface area contributed by atoms with Gasteiger partial charge in [-0.05, 0) is 123 Å². The van der Waals surface area contributed by atoms with Gasteiger partial charge in [0.15, 0.2) is 0 Å². The van der Waals surface area contributed by atoms with Crippen molar-refractivity contribution in [3.8, 4) is 16.8 Å². The first-order valence-electron chi connectivity index (χ1n) is 26.1. The van der Waals surface area contributed by atoms with E-state index in [4.69, 9.17) is 4.42 Å². The number of nitrogens with zero attached hydrogens (tertiary/aromatic N) is 4. The van der Waals surface area contributed by atoms with Crippen molar-refractivity contribution in [2.75, 3.05) is 14.7 Å². The molecule has 0 saturated heterocycles. The van der Waals surface area contributed by atoms with E-state index in [2.05, 4.69) is 281 Å². The van der Waals surface area contributed by atoms with Crippen molar-refractivity contribution < 1.29 is 4.42 Å². The minimum atomic E-state index is -2.13. The summed E-state index contributed by atoms with van der Waals surface area (Å²) in [5, 5.41) is 7.59. The van der Waals surface area contributed by atoms with Crippen LogP contribution >= 0.6 is 0 Å². The summed E-state index contributed by atoms with van der Waals surface area (Å²) in [6.07, 6.45) is 0. The summed E-state index contributed by atoms with van der Waals surface area (Å²) in [5.74, 6) is 0. The Kier molecular flexibility index (Phi) is 8.93. The number of benzene rings is 11. The second kappa shape index (κ2) is 15.9. The summed E-state index contributed by atoms with van der Waals surface area (Å²) in [6, 6.07) is 92.0. The molecule has 2 aromatic heterocycles. The van der Waals surface area contributed by atoms with Crippen LogP contribution in [0.15, 0.2) is 253 Å². The van der Waals surface area contributed by atoms with Gasteiger partial charge in [-0.1, -0.05) is 171 Å². The van der Waals surface area contributed by atoms with Crippen LogP contribution in [0.25, 0.3) is 60.6 Å². The largest absolute Gasteiger partial charge is 0.456 e. The lowest BCUT2D eigenvalue weighted by Crippen LogP contribution is -2.62. The van der Waals surface area contributed by atoms with E-state index in [0.29, 0.717) is 0 Å². The molecule has 0 amide bonds. The zero-order valence-electron chi connectivity index (χ0n) is 41.4. The highest BCUT2D eigenvalue weighted by molar-refractivity contribution is 7.05. The van der Waals surface area contributed by atoms with Gasteiger partial charge in [0, 0.05) is 61.5 Å². The monoisotopic (exact) mass is 974 g/mol. The van der Waals surface area contributed by atoms with E-state index in [-0.39, 0.29) is 6.71 Å². The third kappa shape index (κ3) is 5.90. The molecule has 3 aliphatic rings. The Morgan fingerprint density at radius 2 is 1.00 bits per heavy atom. The highest BCUT2D eigenvalue weighted by Gasteiger charge is 2.49. The van der Waals surface area contributed by atoms with Crippen LogP contribution in [0.5, 0.6) is 0 Å². The van der Waals surface area contributed by atoms with Gasteiger partial charge >= 0.3 is 0 Å². The zero-order chi connectivity index (χ0) is 49.5. The van der Waals surface area contributed by atoms with Crippen LogP contribution in [0.2, 0.25) is 13.1 Å². The standard InChI is InChI=1S/C68H47BN4OSi/c1-75(2)61-37-20-17-32-51(61)65-62(75)41-39-53-68(65)73(47-28-13-6-14-29-47)58-43-48(70(44-22-7-3-8-23-44)55-34-21-36-60-63(55)50-31-16-19-35-59(50)74-60)42-57-66(58)69(53)52-38-40-56-64(67(52)72(57)46-26-11-5-12-27-46)49-30-15-18-33-54(49)71(56)45-24-9-4-10-25-45/h3-43H,1-2H3. The van der Waals surface area contributed by atoms with Crippen molar-refractivity contribution in [2.24, 2.45) is 0 Å². The van der Waals surface area contributed by atoms with Crippen LogP contribution in [0.3, 0.4) is 0 Å². The maximum atomic E-state index is 6.66. The van der Waals surface area contributed by atoms with Gasteiger partial charge in [0.1, 0.15) is 19.2 Å². The minimum Gasteiger partial charge on any atom is -0.456 e. The molecule has 13 aromatic rings. The molecule has 0 spiro atoms. The lowest BCUT2D eigenvalue weighted by Gasteiger charge is -2.46. The van der Waals surface area contributed by atoms with E-state index in [0.717, 1.165) is 67.4 Å². The number of rotatable bonds is 6. The van der Waals surface area contributed by atoms with Gasteiger partial charge in [0.25, 0.3) is 6.71 Å². The second-order valence-corrected chi connectivity index (χ2v) is 25.1. The predicted octanol–water partition coefficient (Wildman–Crippen LogP) is 15.0. The smallest absolute Gasteiger partial charge is 0.252 e. The first kappa shape index (κ1) is 42.2. The number of anilines is 9. The Labute approximate surface area is 436 Å². The van der Waals surface area contributed by atoms with E-state index >= 15 is 0 Å². The summed E-state index contributed by atoms with van der Waals surface area (Å²) in [5.41, 5.74) is 22.0. The van der Waals surface area contributed by atoms with Crippen LogP contribution < -0.4 is 41.5 Å². The molecule has 0 saturated carbocycles. The van der Waals surface area contributed by atoms with Crippen LogP contribution in [0.4, 0.5) is 51.2 Å². The Hall–Kier alpha value is -9.30. The Morgan fingerprint density at radius 3 is 1.73 bits per heavy atom. The van der Waals surface area contributed by atoms with Crippen molar-refractivity contribution in [1.82, 2.24) is 4.57 Å². The van der Waals surface area contributed by atoms with Gasteiger partial charge in [-0.15, -0.1) is 0 Å². The van der Waals surface area contributed by atoms with Crippen molar-refractivity contribution in [3.05, 3.63) is 249 Å². The van der Waals surface area contributed by atoms with Crippen molar-refractivity contribution >= 4 is 136 Å². The summed E-state index contributed by atoms with van der Waals surface area (Å²) in [4.78, 5) is 7.70. The van der Waals surface area contributed by atoms with Crippen molar-refractivity contribution in [2.45, 2.75) is 13.1 Å². The molecule has 7 heteroatoms. The second-order valence-electron chi connectivity index (χ2n) is 20.8. The summed E-state index contributed by atoms with van der Waals surface area (Å²) in [7, 11) is -2.13. The molecule has 0 bridgehead atoms. The van der Waals surface area contributed by atoms with Crippen LogP contribution in [0, 0.1) is 0 Å². The van der Waals surface area contributed by atoms with E-state index in [1.165, 1.54) is 71.1 Å². The SMILES string of the molecule is C[Si]1(C)c2ccccc2-c2c1ccc1c2N(c2ccccc2)c2cc(N(c3ccccc3)c3cccc4oc5ccccc5c34)cc3c2B1c1ccc2c(c1N3c1ccccc1)c1ccccc1n2-c1ccccc1. The van der Waals surface area contributed by atoms with E-state index in [1.807, 2.05) is 0 Å². The van der Waals surface area contributed by atoms with Crippen LogP contribution in [-0.2, 0) is 0 Å². The Bertz CT molecular complexity index is 4480. The average Bonchev–Trinajstić information content (AvgIpc) is 4.25. The summed E-state index contributed by atoms with van der Waals surface area (Å²) in [6.45, 7) is 4.95. The maximum Gasteiger partial charge on any atom is 0.252 e. The zero-order valence-corrected chi connectivity index (χ0v) is 42.4. The molecule has 5 heterocycles. The maximum absolute atomic E-state index is 6.66. The van der Waals surface area contributed by atoms with Crippen LogP contribution in [-0.4, -0.2) is 19.4 Å². The number of hydrogen-bond donors (Lipinski definition) is 0. The number of fused-ring (bicyclic) bond motifs is 15. The molecule has 0 N–H and O–H groups in total. The van der Waals surface area contributed by atoms with Crippen molar-refractivity contribution in [3.63, 3.8) is 0 Å². The summed E-state index contributed by atoms with van der Waals surface area (Å²) < 4.78 is 9.12. The molecule has 352 valence electrons. The van der Waals surface area contributed by atoms with Gasteiger partial charge in [-0.2, -0.15) is 0 Å². The molecule has 3 aliphatic heterocycles. The third-order valence-electron chi connectivity index (χ3n) is 16.5. The van der Waals surface area contributed by atoms with E-state index < -0.39 is 8.07 Å². The molecule has 0 unspecified atom stereocenters. The minimum absolute atomic E-state index is 0.119. The fraction of sp³-hybridized carbons (Fsp3) is 0.0294. The normalized spacial score (nSPS) is 13.8. The molecule has 75 heavy (non-hydrogen) atoms. The highest BCUT2D eigenvalue weighted by Crippen LogP contribution is 2.53. The number of para-hydroxylation sites is 6. The molecule has 0 radical (unpaired) electrons. The fourth-order valence-electron chi connectivity index (χ4n) is 13.4. The predicted molar refractivity (Wildman–Crippen MR) is 319 cm³/mol. The van der Waals surface area contributed by atoms with E-state index in [1.54, 1.807) is 0 Å². The average molecular weight is 975 g/mol. The first-order chi connectivity index (χ1) is 37.0. The van der Waals surface area contributed by atoms with Gasteiger partial charge in [0.2, 0.25) is 0 Å². The van der Waals surface area contributed by atoms with Gasteiger partial charge in [-0.25, -0.2) is 0 Å². The third-order valence-corrected chi connectivity index (χ3v) is 20.0. The molecule has 11 aromatic carbocycles. The molecule has 0 atom stereocenters. The lowest BCUT2D eigenvalue weighted by atomic mass is 9.33. The molecule has 0 aliphatic carbocycles. The quantitative estimate of drug-likeness (QED) is 0.155. The molecular weight excluding hydrogens is 928 g/mol. The Balaban J connectivity index is 1.10. The number of hydrogen-bond acceptors (Lipinski definition) is 4. The molecule has 0 fully saturated rings. The first-order valence-corrected chi connectivity index (χ1v) is 29.1. The van der Waals surface area contributed by atoms with E-state index in [9.17, 15) is 0 Å². The van der Waals surface area contributed by atoms with Crippen LogP contribution in [0.1, 0.15) is 0 Å². The van der Waals surface area contributed by atoms with Gasteiger partial charge in [-0.3, -0.25) is 0 Å². The highest BCUT2D eigenvalue weighted by atomic mass is 28.3. The summed E-state index contributed by atoms with van der Waals surface area (Å²) >= 11 is 0. The lowest BCUT2D eigenvalue weighted by molar-refractivity contribution is 0.669. The number of furan rings is 1. The fourth-order valence-corrected chi connectivity index (χ4v) is 16.5. The topological polar surface area (TPSA) is 27.8 Å². The Morgan fingerprint density at radius 1 is 0.427 bits per heavy atom. The van der Waals surface area contributed by atoms with Gasteiger partial charge < -0.3 is 23.7 Å². The molecule has 5 nitrogen and oxygen atoms in total. The molecule has 16 rings (SSSR count). The van der Waals surface area contributed by atoms with Crippen molar-refractivity contribution in [1.29, 1.82) is 0 Å². The van der Waals surface area contributed by atoms with Gasteiger partial charge in [0.05, 0.1) is 33.5 Å².